The third-order valence-electron chi connectivity index (χ3n) is 4.91. The van der Waals surface area contributed by atoms with Crippen molar-refractivity contribution in [3.63, 3.8) is 0 Å². The first kappa shape index (κ1) is 17.7. The molecule has 8 nitrogen and oxygen atoms in total. The largest absolute Gasteiger partial charge is 0.370 e. The predicted octanol–water partition coefficient (Wildman–Crippen LogP) is 1.59. The highest BCUT2D eigenvalue weighted by molar-refractivity contribution is 7.90. The molecule has 0 atom stereocenters. The van der Waals surface area contributed by atoms with Crippen molar-refractivity contribution in [2.24, 2.45) is 0 Å². The van der Waals surface area contributed by atoms with E-state index in [9.17, 15) is 23.3 Å². The summed E-state index contributed by atoms with van der Waals surface area (Å²) in [6.07, 6.45) is 4.11. The first-order valence-corrected chi connectivity index (χ1v) is 10.2. The molecule has 2 heterocycles. The molecule has 2 fully saturated rings. The van der Waals surface area contributed by atoms with Gasteiger partial charge in [0.2, 0.25) is 5.91 Å². The number of piperidine rings is 1. The van der Waals surface area contributed by atoms with Gasteiger partial charge in [-0.1, -0.05) is 0 Å². The Morgan fingerprint density at radius 3 is 2.40 bits per heavy atom. The average Bonchev–Trinajstić information content (AvgIpc) is 2.99. The normalized spacial score (nSPS) is 19.5. The molecule has 0 unspecified atom stereocenters. The van der Waals surface area contributed by atoms with Crippen LogP contribution in [0.4, 0.5) is 11.4 Å². The van der Waals surface area contributed by atoms with Gasteiger partial charge in [-0.15, -0.1) is 0 Å². The van der Waals surface area contributed by atoms with Gasteiger partial charge in [0, 0.05) is 50.5 Å². The lowest BCUT2D eigenvalue weighted by Crippen LogP contribution is -2.45. The van der Waals surface area contributed by atoms with Gasteiger partial charge in [0.05, 0.1) is 15.5 Å². The SMILES string of the molecule is CS(=O)(=O)c1cc([N+](=O)[O-])ccc1N1CCC(N2CCCC2=O)CC1. The fourth-order valence-electron chi connectivity index (χ4n) is 3.65. The van der Waals surface area contributed by atoms with Gasteiger partial charge < -0.3 is 9.80 Å². The average molecular weight is 367 g/mol. The van der Waals surface area contributed by atoms with E-state index in [0.717, 1.165) is 38.1 Å². The van der Waals surface area contributed by atoms with Crippen molar-refractivity contribution in [3.8, 4) is 0 Å². The molecule has 136 valence electrons. The number of rotatable bonds is 4. The Kier molecular flexibility index (Phi) is 4.68. The van der Waals surface area contributed by atoms with Crippen LogP contribution in [0, 0.1) is 10.1 Å². The van der Waals surface area contributed by atoms with Gasteiger partial charge in [0.25, 0.3) is 5.69 Å². The lowest BCUT2D eigenvalue weighted by molar-refractivity contribution is -0.385. The number of nitrogens with zero attached hydrogens (tertiary/aromatic N) is 3. The van der Waals surface area contributed by atoms with Crippen LogP contribution < -0.4 is 4.90 Å². The summed E-state index contributed by atoms with van der Waals surface area (Å²) in [5.74, 6) is 0.200. The first-order chi connectivity index (χ1) is 11.8. The second kappa shape index (κ2) is 6.62. The van der Waals surface area contributed by atoms with Gasteiger partial charge in [0.15, 0.2) is 9.84 Å². The Bertz CT molecular complexity index is 800. The molecule has 0 bridgehead atoms. The minimum Gasteiger partial charge on any atom is -0.370 e. The van der Waals surface area contributed by atoms with Gasteiger partial charge >= 0.3 is 0 Å². The number of nitro benzene ring substituents is 1. The summed E-state index contributed by atoms with van der Waals surface area (Å²) in [5.41, 5.74) is 0.265. The van der Waals surface area contributed by atoms with E-state index >= 15 is 0 Å². The Morgan fingerprint density at radius 1 is 1.20 bits per heavy atom. The molecule has 2 aliphatic heterocycles. The topological polar surface area (TPSA) is 101 Å². The van der Waals surface area contributed by atoms with Crippen molar-refractivity contribution in [2.75, 3.05) is 30.8 Å². The molecule has 1 aromatic rings. The van der Waals surface area contributed by atoms with Crippen LogP contribution in [0.15, 0.2) is 23.1 Å². The molecule has 0 aliphatic carbocycles. The second-order valence-corrected chi connectivity index (χ2v) is 8.57. The second-order valence-electron chi connectivity index (χ2n) is 6.59. The van der Waals surface area contributed by atoms with E-state index in [2.05, 4.69) is 0 Å². The summed E-state index contributed by atoms with van der Waals surface area (Å²) >= 11 is 0. The molecule has 2 aliphatic rings. The first-order valence-electron chi connectivity index (χ1n) is 8.30. The van der Waals surface area contributed by atoms with Crippen LogP contribution in [0.2, 0.25) is 0 Å². The maximum atomic E-state index is 12.1. The van der Waals surface area contributed by atoms with E-state index in [-0.39, 0.29) is 22.5 Å². The van der Waals surface area contributed by atoms with E-state index in [1.54, 1.807) is 0 Å². The van der Waals surface area contributed by atoms with Crippen LogP contribution in [-0.4, -0.2) is 56.1 Å². The highest BCUT2D eigenvalue weighted by atomic mass is 32.2. The molecule has 25 heavy (non-hydrogen) atoms. The van der Waals surface area contributed by atoms with Crippen LogP contribution in [0.25, 0.3) is 0 Å². The molecule has 1 amide bonds. The van der Waals surface area contributed by atoms with Crippen LogP contribution >= 0.6 is 0 Å². The Hall–Kier alpha value is -2.16. The number of amides is 1. The van der Waals surface area contributed by atoms with E-state index in [4.69, 9.17) is 0 Å². The highest BCUT2D eigenvalue weighted by Crippen LogP contribution is 2.32. The molecule has 3 rings (SSSR count). The molecule has 2 saturated heterocycles. The lowest BCUT2D eigenvalue weighted by Gasteiger charge is -2.38. The maximum absolute atomic E-state index is 12.1. The van der Waals surface area contributed by atoms with E-state index in [1.165, 1.54) is 12.1 Å². The molecule has 0 saturated carbocycles. The number of likely N-dealkylation sites (tertiary alicyclic amines) is 1. The van der Waals surface area contributed by atoms with Crippen molar-refractivity contribution in [2.45, 2.75) is 36.6 Å². The van der Waals surface area contributed by atoms with Gasteiger partial charge in [-0.2, -0.15) is 0 Å². The minimum absolute atomic E-state index is 0.0163. The quantitative estimate of drug-likeness (QED) is 0.592. The number of carbonyl (C=O) groups excluding carboxylic acids is 1. The Morgan fingerprint density at radius 2 is 1.88 bits per heavy atom. The molecule has 9 heteroatoms. The van der Waals surface area contributed by atoms with E-state index < -0.39 is 14.8 Å². The summed E-state index contributed by atoms with van der Waals surface area (Å²) in [7, 11) is -3.59. The molecule has 0 N–H and O–H groups in total. The monoisotopic (exact) mass is 367 g/mol. The van der Waals surface area contributed by atoms with Crippen LogP contribution in [0.3, 0.4) is 0 Å². The van der Waals surface area contributed by atoms with Gasteiger partial charge in [0.1, 0.15) is 0 Å². The summed E-state index contributed by atoms with van der Waals surface area (Å²) in [4.78, 5) is 26.1. The predicted molar refractivity (Wildman–Crippen MR) is 92.4 cm³/mol. The van der Waals surface area contributed by atoms with Gasteiger partial charge in [-0.25, -0.2) is 8.42 Å². The third-order valence-corrected chi connectivity index (χ3v) is 6.04. The molecular formula is C16H21N3O5S. The number of anilines is 1. The van der Waals surface area contributed by atoms with Crippen molar-refractivity contribution in [1.29, 1.82) is 0 Å². The zero-order valence-corrected chi connectivity index (χ0v) is 14.9. The third kappa shape index (κ3) is 3.60. The highest BCUT2D eigenvalue weighted by Gasteiger charge is 2.32. The standard InChI is InChI=1S/C16H21N3O5S/c1-25(23,24)15-11-13(19(21)22)4-5-14(15)17-9-6-12(7-10-17)18-8-2-3-16(18)20/h4-5,11-12H,2-3,6-10H2,1H3. The number of nitro groups is 1. The molecule has 1 aromatic carbocycles. The lowest BCUT2D eigenvalue weighted by atomic mass is 10.0. The number of sulfone groups is 1. The fourth-order valence-corrected chi connectivity index (χ4v) is 4.56. The summed E-state index contributed by atoms with van der Waals surface area (Å²) in [6.45, 7) is 2.04. The van der Waals surface area contributed by atoms with Crippen LogP contribution in [-0.2, 0) is 14.6 Å². The Labute approximate surface area is 146 Å². The Balaban J connectivity index is 1.81. The van der Waals surface area contributed by atoms with Gasteiger partial charge in [-0.05, 0) is 25.3 Å². The number of hydrogen-bond donors (Lipinski definition) is 0. The number of non-ortho nitro benzene ring substituents is 1. The summed E-state index contributed by atoms with van der Waals surface area (Å²) in [6, 6.07) is 4.17. The van der Waals surface area contributed by atoms with Crippen molar-refractivity contribution >= 4 is 27.1 Å². The smallest absolute Gasteiger partial charge is 0.270 e. The van der Waals surface area contributed by atoms with E-state index in [1.807, 2.05) is 9.80 Å². The fraction of sp³-hybridized carbons (Fsp3) is 0.562. The van der Waals surface area contributed by atoms with Crippen LogP contribution in [0.1, 0.15) is 25.7 Å². The molecular weight excluding hydrogens is 346 g/mol. The number of hydrogen-bond acceptors (Lipinski definition) is 6. The van der Waals surface area contributed by atoms with E-state index in [0.29, 0.717) is 25.2 Å². The summed E-state index contributed by atoms with van der Waals surface area (Å²) < 4.78 is 24.2. The maximum Gasteiger partial charge on any atom is 0.270 e. The minimum atomic E-state index is -3.59. The molecule has 0 aromatic heterocycles. The zero-order chi connectivity index (χ0) is 18.2. The molecule has 0 radical (unpaired) electrons. The number of benzene rings is 1. The van der Waals surface area contributed by atoms with Gasteiger partial charge in [-0.3, -0.25) is 14.9 Å². The van der Waals surface area contributed by atoms with Crippen LogP contribution in [0.5, 0.6) is 0 Å². The summed E-state index contributed by atoms with van der Waals surface area (Å²) in [5, 5.41) is 10.9. The van der Waals surface area contributed by atoms with Crippen molar-refractivity contribution in [3.05, 3.63) is 28.3 Å². The zero-order valence-electron chi connectivity index (χ0n) is 14.1. The van der Waals surface area contributed by atoms with Crippen molar-refractivity contribution < 1.29 is 18.1 Å². The van der Waals surface area contributed by atoms with Crippen molar-refractivity contribution in [1.82, 2.24) is 4.90 Å². The number of carbonyl (C=O) groups is 1. The molecule has 0 spiro atoms.